The molecule has 1 fully saturated rings. The van der Waals surface area contributed by atoms with E-state index in [1.165, 1.54) is 38.0 Å². The van der Waals surface area contributed by atoms with Gasteiger partial charge in [-0.15, -0.1) is 0 Å². The molecule has 2 rings (SSSR count). The summed E-state index contributed by atoms with van der Waals surface area (Å²) in [5.74, 6) is 0. The van der Waals surface area contributed by atoms with Gasteiger partial charge in [-0.05, 0) is 48.8 Å². The van der Waals surface area contributed by atoms with Crippen LogP contribution in [0.1, 0.15) is 12.0 Å². The third-order valence-electron chi connectivity index (χ3n) is 2.76. The lowest BCUT2D eigenvalue weighted by atomic mass is 10.2. The molecule has 0 aromatic carbocycles. The van der Waals surface area contributed by atoms with Crippen LogP contribution in [0.2, 0.25) is 0 Å². The van der Waals surface area contributed by atoms with E-state index in [4.69, 9.17) is 0 Å². The van der Waals surface area contributed by atoms with Gasteiger partial charge in [0.05, 0.1) is 6.67 Å². The predicted molar refractivity (Wildman–Crippen MR) is 61.7 cm³/mol. The van der Waals surface area contributed by atoms with Gasteiger partial charge in [0.25, 0.3) is 0 Å². The molecule has 0 N–H and O–H groups in total. The fourth-order valence-corrected chi connectivity index (χ4v) is 2.62. The molecule has 1 aromatic heterocycles. The maximum Gasteiger partial charge on any atom is 0.0504 e. The van der Waals surface area contributed by atoms with Crippen molar-refractivity contribution in [1.82, 2.24) is 9.80 Å². The molecule has 2 heterocycles. The van der Waals surface area contributed by atoms with Crippen LogP contribution < -0.4 is 0 Å². The van der Waals surface area contributed by atoms with Gasteiger partial charge in [-0.3, -0.25) is 9.80 Å². The lowest BCUT2D eigenvalue weighted by molar-refractivity contribution is 0.272. The molecule has 1 aliphatic rings. The minimum absolute atomic E-state index is 1.16. The minimum Gasteiger partial charge on any atom is -0.292 e. The van der Waals surface area contributed by atoms with Gasteiger partial charge in [0.15, 0.2) is 0 Å². The largest absolute Gasteiger partial charge is 0.292 e. The number of hydrogen-bond acceptors (Lipinski definition) is 3. The molecule has 0 unspecified atom stereocenters. The van der Waals surface area contributed by atoms with Crippen molar-refractivity contribution in [1.29, 1.82) is 0 Å². The summed E-state index contributed by atoms with van der Waals surface area (Å²) in [5.41, 5.74) is 1.50. The molecule has 0 bridgehead atoms. The van der Waals surface area contributed by atoms with Crippen molar-refractivity contribution in [3.63, 3.8) is 0 Å². The zero-order valence-corrected chi connectivity index (χ0v) is 9.59. The third kappa shape index (κ3) is 2.80. The lowest BCUT2D eigenvalue weighted by Crippen LogP contribution is -2.24. The molecule has 1 aromatic rings. The first kappa shape index (κ1) is 10.1. The number of nitrogens with zero attached hydrogens (tertiary/aromatic N) is 2. The Morgan fingerprint density at radius 3 is 3.00 bits per heavy atom. The summed E-state index contributed by atoms with van der Waals surface area (Å²) in [6.07, 6.45) is 2.54. The summed E-state index contributed by atoms with van der Waals surface area (Å²) in [5, 5.41) is 4.43. The van der Waals surface area contributed by atoms with Gasteiger partial charge in [0.1, 0.15) is 0 Å². The molecular formula is C11H18N2S. The summed E-state index contributed by atoms with van der Waals surface area (Å²) in [4.78, 5) is 4.91. The Morgan fingerprint density at radius 1 is 1.43 bits per heavy atom. The maximum absolute atomic E-state index is 2.53. The molecule has 1 saturated heterocycles. The molecule has 78 valence electrons. The molecule has 0 atom stereocenters. The fraction of sp³-hybridized carbons (Fsp3) is 0.636. The fourth-order valence-electron chi connectivity index (χ4n) is 1.92. The first-order chi connectivity index (χ1) is 6.84. The van der Waals surface area contributed by atoms with E-state index in [9.17, 15) is 0 Å². The summed E-state index contributed by atoms with van der Waals surface area (Å²) in [6.45, 7) is 4.89. The second-order valence-electron chi connectivity index (χ2n) is 4.07. The summed E-state index contributed by atoms with van der Waals surface area (Å²) >= 11 is 1.80. The Kier molecular flexibility index (Phi) is 3.56. The van der Waals surface area contributed by atoms with Crippen molar-refractivity contribution in [2.24, 2.45) is 0 Å². The highest BCUT2D eigenvalue weighted by molar-refractivity contribution is 7.07. The second-order valence-corrected chi connectivity index (χ2v) is 4.85. The van der Waals surface area contributed by atoms with Crippen molar-refractivity contribution in [2.45, 2.75) is 12.8 Å². The zero-order valence-electron chi connectivity index (χ0n) is 8.78. The number of hydrogen-bond donors (Lipinski definition) is 0. The predicted octanol–water partition coefficient (Wildman–Crippen LogP) is 1.89. The van der Waals surface area contributed by atoms with Crippen LogP contribution in [0.15, 0.2) is 16.8 Å². The molecule has 0 radical (unpaired) electrons. The van der Waals surface area contributed by atoms with Gasteiger partial charge in [0.2, 0.25) is 0 Å². The number of likely N-dealkylation sites (N-methyl/N-ethyl adjacent to an activating group) is 1. The van der Waals surface area contributed by atoms with E-state index in [0.717, 1.165) is 6.67 Å². The van der Waals surface area contributed by atoms with Crippen LogP contribution in [0, 0.1) is 0 Å². The van der Waals surface area contributed by atoms with Gasteiger partial charge in [-0.1, -0.05) is 0 Å². The highest BCUT2D eigenvalue weighted by Crippen LogP contribution is 2.10. The SMILES string of the molecule is CN1CCN(CCCc2ccsc2)C1. The smallest absolute Gasteiger partial charge is 0.0504 e. The quantitative estimate of drug-likeness (QED) is 0.749. The average molecular weight is 210 g/mol. The Morgan fingerprint density at radius 2 is 2.36 bits per heavy atom. The molecule has 2 nitrogen and oxygen atoms in total. The summed E-state index contributed by atoms with van der Waals surface area (Å²) in [7, 11) is 2.19. The number of aryl methyl sites for hydroxylation is 1. The van der Waals surface area contributed by atoms with Crippen LogP contribution >= 0.6 is 11.3 Å². The minimum atomic E-state index is 1.16. The first-order valence-corrected chi connectivity index (χ1v) is 6.21. The Bertz CT molecular complexity index is 258. The van der Waals surface area contributed by atoms with Gasteiger partial charge in [-0.25, -0.2) is 0 Å². The highest BCUT2D eigenvalue weighted by atomic mass is 32.1. The lowest BCUT2D eigenvalue weighted by Gasteiger charge is -2.14. The summed E-state index contributed by atoms with van der Waals surface area (Å²) in [6, 6.07) is 2.24. The monoisotopic (exact) mass is 210 g/mol. The van der Waals surface area contributed by atoms with Gasteiger partial charge in [-0.2, -0.15) is 11.3 Å². The van der Waals surface area contributed by atoms with Gasteiger partial charge >= 0.3 is 0 Å². The third-order valence-corrected chi connectivity index (χ3v) is 3.49. The molecule has 0 aliphatic carbocycles. The molecule has 0 saturated carbocycles. The molecular weight excluding hydrogens is 192 g/mol. The Hall–Kier alpha value is -0.380. The topological polar surface area (TPSA) is 6.48 Å². The van der Waals surface area contributed by atoms with E-state index in [0.29, 0.717) is 0 Å². The van der Waals surface area contributed by atoms with Gasteiger partial charge in [0, 0.05) is 13.1 Å². The van der Waals surface area contributed by atoms with Crippen molar-refractivity contribution in [2.75, 3.05) is 33.4 Å². The van der Waals surface area contributed by atoms with Crippen LogP contribution in [0.4, 0.5) is 0 Å². The van der Waals surface area contributed by atoms with E-state index >= 15 is 0 Å². The number of thiophene rings is 1. The van der Waals surface area contributed by atoms with E-state index in [-0.39, 0.29) is 0 Å². The molecule has 3 heteroatoms. The molecule has 0 amide bonds. The van der Waals surface area contributed by atoms with Crippen molar-refractivity contribution >= 4 is 11.3 Å². The standard InChI is InChI=1S/C11H18N2S/c1-12-6-7-13(10-12)5-2-3-11-4-8-14-9-11/h4,8-9H,2-3,5-7,10H2,1H3. The van der Waals surface area contributed by atoms with Crippen LogP contribution in [0.3, 0.4) is 0 Å². The van der Waals surface area contributed by atoms with Crippen LogP contribution in [-0.4, -0.2) is 43.2 Å². The molecule has 0 spiro atoms. The van der Waals surface area contributed by atoms with Crippen LogP contribution in [0.25, 0.3) is 0 Å². The van der Waals surface area contributed by atoms with E-state index in [1.54, 1.807) is 11.3 Å². The van der Waals surface area contributed by atoms with E-state index in [2.05, 4.69) is 33.7 Å². The Labute approximate surface area is 90.1 Å². The summed E-state index contributed by atoms with van der Waals surface area (Å²) < 4.78 is 0. The zero-order chi connectivity index (χ0) is 9.80. The van der Waals surface area contributed by atoms with Crippen molar-refractivity contribution in [3.8, 4) is 0 Å². The van der Waals surface area contributed by atoms with Crippen LogP contribution in [0.5, 0.6) is 0 Å². The van der Waals surface area contributed by atoms with Gasteiger partial charge < -0.3 is 0 Å². The first-order valence-electron chi connectivity index (χ1n) is 5.26. The Balaban J connectivity index is 1.64. The van der Waals surface area contributed by atoms with Crippen molar-refractivity contribution in [3.05, 3.63) is 22.4 Å². The van der Waals surface area contributed by atoms with E-state index in [1.807, 2.05) is 0 Å². The van der Waals surface area contributed by atoms with E-state index < -0.39 is 0 Å². The van der Waals surface area contributed by atoms with Crippen molar-refractivity contribution < 1.29 is 0 Å². The van der Waals surface area contributed by atoms with Crippen LogP contribution in [-0.2, 0) is 6.42 Å². The average Bonchev–Trinajstić information content (AvgIpc) is 2.77. The normalized spacial score (nSPS) is 19.2. The second kappa shape index (κ2) is 4.91. The highest BCUT2D eigenvalue weighted by Gasteiger charge is 2.14. The number of rotatable bonds is 4. The maximum atomic E-state index is 2.53. The molecule has 1 aliphatic heterocycles. The molecule has 14 heavy (non-hydrogen) atoms.